The van der Waals surface area contributed by atoms with Gasteiger partial charge < -0.3 is 9.63 Å². The van der Waals surface area contributed by atoms with Crippen LogP contribution in [0.2, 0.25) is 15.1 Å². The highest BCUT2D eigenvalue weighted by Gasteiger charge is 2.37. The molecule has 0 saturated heterocycles. The van der Waals surface area contributed by atoms with Gasteiger partial charge in [-0.1, -0.05) is 59.0 Å². The van der Waals surface area contributed by atoms with Crippen LogP contribution in [-0.2, 0) is 16.9 Å². The van der Waals surface area contributed by atoms with E-state index in [1.54, 1.807) is 24.4 Å². The highest BCUT2D eigenvalue weighted by atomic mass is 35.5. The lowest BCUT2D eigenvalue weighted by Crippen LogP contribution is -2.18. The molecule has 2 aromatic heterocycles. The molecule has 0 unspecified atom stereocenters. The minimum Gasteiger partial charge on any atom is -0.478 e. The molecule has 0 saturated carbocycles. The molecule has 2 aromatic carbocycles. The number of carboxylic acid groups (broad SMARTS) is 1. The summed E-state index contributed by atoms with van der Waals surface area (Å²) >= 11 is 18.8. The first kappa shape index (κ1) is 25.9. The summed E-state index contributed by atoms with van der Waals surface area (Å²) in [5, 5.41) is 14.3. The Kier molecular flexibility index (Phi) is 7.01. The molecule has 6 nitrogen and oxygen atoms in total. The number of hydrogen-bond acceptors (Lipinski definition) is 4. The molecule has 0 aliphatic carbocycles. The number of aryl methyl sites for hydroxylation is 1. The molecule has 0 spiro atoms. The number of aliphatic carboxylic acids is 1. The van der Waals surface area contributed by atoms with Crippen LogP contribution in [0.3, 0.4) is 0 Å². The van der Waals surface area contributed by atoms with Crippen molar-refractivity contribution >= 4 is 63.7 Å². The zero-order valence-corrected chi connectivity index (χ0v) is 21.7. The fraction of sp³-hybridized carbons (Fsp3) is 0.192. The van der Waals surface area contributed by atoms with Crippen LogP contribution in [0.5, 0.6) is 0 Å². The summed E-state index contributed by atoms with van der Waals surface area (Å²) in [6, 6.07) is 8.06. The molecule has 0 amide bonds. The number of carboxylic acids is 1. The summed E-state index contributed by atoms with van der Waals surface area (Å²) < 4.78 is 21.9. The predicted molar refractivity (Wildman–Crippen MR) is 139 cm³/mol. The normalized spacial score (nSPS) is 12.1. The monoisotopic (exact) mass is 548 g/mol. The van der Waals surface area contributed by atoms with E-state index in [0.717, 1.165) is 11.6 Å². The molecule has 186 valence electrons. The zero-order chi connectivity index (χ0) is 26.4. The van der Waals surface area contributed by atoms with E-state index in [1.807, 2.05) is 6.92 Å². The van der Waals surface area contributed by atoms with E-state index in [9.17, 15) is 9.59 Å². The van der Waals surface area contributed by atoms with Gasteiger partial charge in [0.1, 0.15) is 11.3 Å². The highest BCUT2D eigenvalue weighted by molar-refractivity contribution is 6.42. The molecule has 0 aliphatic rings. The van der Waals surface area contributed by atoms with Gasteiger partial charge in [-0.05, 0) is 55.7 Å². The minimum atomic E-state index is -2.06. The number of benzene rings is 2. The lowest BCUT2D eigenvalue weighted by Gasteiger charge is -2.14. The maximum Gasteiger partial charge on any atom is 0.328 e. The third-order valence-corrected chi connectivity index (χ3v) is 6.45. The molecule has 1 N–H and O–H groups in total. The molecular formula is C26H20Cl3FN2O4. The Bertz CT molecular complexity index is 1520. The minimum absolute atomic E-state index is 0.0192. The molecule has 0 radical (unpaired) electrons. The molecule has 0 fully saturated rings. The van der Waals surface area contributed by atoms with Gasteiger partial charge in [0.25, 0.3) is 5.91 Å². The second-order valence-electron chi connectivity index (χ2n) is 8.55. The number of carbonyl (C=O) groups excluding carboxylic acids is 1. The number of aromatic nitrogens is 2. The first-order valence-corrected chi connectivity index (χ1v) is 12.0. The van der Waals surface area contributed by atoms with Crippen molar-refractivity contribution in [2.24, 2.45) is 0 Å². The van der Waals surface area contributed by atoms with E-state index in [4.69, 9.17) is 44.4 Å². The number of alkyl halides is 1. The Hall–Kier alpha value is -3.13. The van der Waals surface area contributed by atoms with Crippen LogP contribution in [0, 0.1) is 0 Å². The zero-order valence-electron chi connectivity index (χ0n) is 19.4. The fourth-order valence-corrected chi connectivity index (χ4v) is 5.08. The van der Waals surface area contributed by atoms with E-state index in [0.29, 0.717) is 22.9 Å². The van der Waals surface area contributed by atoms with Gasteiger partial charge in [0, 0.05) is 28.2 Å². The summed E-state index contributed by atoms with van der Waals surface area (Å²) in [7, 11) is 0. The first-order valence-electron chi connectivity index (χ1n) is 10.9. The third kappa shape index (κ3) is 4.66. The standard InChI is InChI=1S/C26H20Cl3FN2O4/c1-4-13-12-32(18-7-5-6-14(20(13)18)8-9-19(33)34)25(35)22-23(31-36-24(22)26(2,3)30)21-16(28)10-15(27)11-17(21)29/h5-12H,4H2,1-3H3,(H,33,34)/b9-8+. The fourth-order valence-electron chi connectivity index (χ4n) is 4.09. The van der Waals surface area contributed by atoms with Crippen molar-refractivity contribution < 1.29 is 23.6 Å². The molecule has 0 atom stereocenters. The van der Waals surface area contributed by atoms with Crippen molar-refractivity contribution in [2.45, 2.75) is 32.9 Å². The largest absolute Gasteiger partial charge is 0.478 e. The summed E-state index contributed by atoms with van der Waals surface area (Å²) in [5.41, 5.74) is -0.110. The van der Waals surface area contributed by atoms with Gasteiger partial charge in [-0.15, -0.1) is 0 Å². The van der Waals surface area contributed by atoms with Gasteiger partial charge in [0.2, 0.25) is 0 Å². The number of halogens is 4. The van der Waals surface area contributed by atoms with Crippen molar-refractivity contribution in [3.63, 3.8) is 0 Å². The van der Waals surface area contributed by atoms with Crippen molar-refractivity contribution in [1.29, 1.82) is 0 Å². The number of rotatable bonds is 6. The van der Waals surface area contributed by atoms with Crippen molar-refractivity contribution in [1.82, 2.24) is 9.72 Å². The van der Waals surface area contributed by atoms with Crippen LogP contribution in [-0.4, -0.2) is 26.7 Å². The van der Waals surface area contributed by atoms with Gasteiger partial charge in [-0.3, -0.25) is 9.36 Å². The van der Waals surface area contributed by atoms with E-state index in [2.05, 4.69) is 5.16 Å². The summed E-state index contributed by atoms with van der Waals surface area (Å²) in [6.45, 7) is 4.41. The molecule has 4 rings (SSSR count). The van der Waals surface area contributed by atoms with E-state index >= 15 is 4.39 Å². The first-order chi connectivity index (χ1) is 16.9. The average molecular weight is 550 g/mol. The van der Waals surface area contributed by atoms with Crippen LogP contribution in [0.15, 0.2) is 47.1 Å². The van der Waals surface area contributed by atoms with Gasteiger partial charge >= 0.3 is 5.97 Å². The maximum absolute atomic E-state index is 15.2. The SMILES string of the molecule is CCc1cn(C(=O)c2c(-c3c(Cl)cc(Cl)cc3Cl)noc2C(C)(C)F)c2cccc(/C=C/C(=O)O)c12. The number of carbonyl (C=O) groups is 2. The molecule has 0 bridgehead atoms. The topological polar surface area (TPSA) is 85.3 Å². The second-order valence-corrected chi connectivity index (χ2v) is 9.80. The van der Waals surface area contributed by atoms with E-state index < -0.39 is 17.5 Å². The van der Waals surface area contributed by atoms with Crippen molar-refractivity contribution in [3.05, 3.63) is 80.1 Å². The Morgan fingerprint density at radius 3 is 2.44 bits per heavy atom. The van der Waals surface area contributed by atoms with Crippen LogP contribution in [0.1, 0.15) is 48.0 Å². The molecular weight excluding hydrogens is 530 g/mol. The van der Waals surface area contributed by atoms with Gasteiger partial charge in [-0.25, -0.2) is 9.18 Å². The average Bonchev–Trinajstić information content (AvgIpc) is 3.39. The third-order valence-electron chi connectivity index (χ3n) is 5.64. The van der Waals surface area contributed by atoms with Crippen molar-refractivity contribution in [3.8, 4) is 11.3 Å². The smallest absolute Gasteiger partial charge is 0.328 e. The molecule has 0 aliphatic heterocycles. The number of nitrogens with zero attached hydrogens (tertiary/aromatic N) is 2. The molecule has 36 heavy (non-hydrogen) atoms. The highest BCUT2D eigenvalue weighted by Crippen LogP contribution is 2.42. The molecule has 10 heteroatoms. The van der Waals surface area contributed by atoms with Gasteiger partial charge in [-0.2, -0.15) is 0 Å². The summed E-state index contributed by atoms with van der Waals surface area (Å²) in [6.07, 6.45) is 4.69. The molecule has 2 heterocycles. The summed E-state index contributed by atoms with van der Waals surface area (Å²) in [4.78, 5) is 25.1. The van der Waals surface area contributed by atoms with Crippen LogP contribution < -0.4 is 0 Å². The second kappa shape index (κ2) is 9.73. The number of hydrogen-bond donors (Lipinski definition) is 1. The van der Waals surface area contributed by atoms with Crippen LogP contribution >= 0.6 is 34.8 Å². The number of fused-ring (bicyclic) bond motifs is 1. The van der Waals surface area contributed by atoms with E-state index in [1.165, 1.54) is 36.6 Å². The Labute approximate surface area is 220 Å². The van der Waals surface area contributed by atoms with Gasteiger partial charge in [0.15, 0.2) is 11.4 Å². The lowest BCUT2D eigenvalue weighted by molar-refractivity contribution is -0.131. The predicted octanol–water partition coefficient (Wildman–Crippen LogP) is 7.81. The Balaban J connectivity index is 2.01. The van der Waals surface area contributed by atoms with Crippen molar-refractivity contribution in [2.75, 3.05) is 0 Å². The maximum atomic E-state index is 15.2. The van der Waals surface area contributed by atoms with Crippen LogP contribution in [0.4, 0.5) is 4.39 Å². The molecule has 4 aromatic rings. The Morgan fingerprint density at radius 2 is 1.86 bits per heavy atom. The quantitative estimate of drug-likeness (QED) is 0.248. The lowest BCUT2D eigenvalue weighted by atomic mass is 9.98. The summed E-state index contributed by atoms with van der Waals surface area (Å²) in [5.74, 6) is -1.99. The van der Waals surface area contributed by atoms with Gasteiger partial charge in [0.05, 0.1) is 15.6 Å². The Morgan fingerprint density at radius 1 is 1.19 bits per heavy atom. The van der Waals surface area contributed by atoms with Crippen LogP contribution in [0.25, 0.3) is 28.2 Å². The van der Waals surface area contributed by atoms with E-state index in [-0.39, 0.29) is 37.6 Å².